The predicted molar refractivity (Wildman–Crippen MR) is 157 cm³/mol. The SMILES string of the molecule is C[C@@H]1CNC(=O)CC/C=C\CN(Cc2ccccc2)C(=O)[C@@H]2N(CCCCCO)C(=O)[C@H]3[C@H](C(=O)O1)[C@H]1O[C@@]23C=C1Br. The van der Waals surface area contributed by atoms with Gasteiger partial charge in [-0.2, -0.15) is 0 Å². The van der Waals surface area contributed by atoms with E-state index in [1.165, 1.54) is 0 Å². The van der Waals surface area contributed by atoms with Crippen LogP contribution in [0.5, 0.6) is 0 Å². The van der Waals surface area contributed by atoms with Gasteiger partial charge in [-0.1, -0.05) is 58.4 Å². The number of carbonyl (C=O) groups excluding carboxylic acids is 4. The Morgan fingerprint density at radius 2 is 1.86 bits per heavy atom. The molecule has 6 atom stereocenters. The number of aliphatic hydroxyl groups is 1. The molecule has 0 saturated carbocycles. The lowest BCUT2D eigenvalue weighted by atomic mass is 9.74. The Hall–Kier alpha value is -3.02. The summed E-state index contributed by atoms with van der Waals surface area (Å²) in [6, 6.07) is 8.64. The molecule has 4 aliphatic rings. The number of unbranched alkanes of at least 4 members (excludes halogenated alkanes) is 2. The molecule has 1 aromatic carbocycles. The summed E-state index contributed by atoms with van der Waals surface area (Å²) in [5.74, 6) is -3.20. The van der Waals surface area contributed by atoms with Gasteiger partial charge in [0.15, 0.2) is 0 Å². The third-order valence-corrected chi connectivity index (χ3v) is 9.13. The van der Waals surface area contributed by atoms with Crippen molar-refractivity contribution in [2.24, 2.45) is 11.8 Å². The molecule has 3 amide bonds. The number of carbonyl (C=O) groups is 4. The van der Waals surface area contributed by atoms with Crippen molar-refractivity contribution in [3.63, 3.8) is 0 Å². The standard InChI is InChI=1S/C31H38BrN3O7/c1-20-18-33-23(37)13-7-3-8-14-34(19-21-11-5-2-6-12-21)29(39)27-31-17-22(32)26(42-31)24(30(40)41-20)25(31)28(38)35(27)15-9-4-10-16-36/h2-3,5-6,8,11-12,17,20,24-27,36H,4,7,9-10,13-16,18-19H2,1H3,(H,33,37)/b8-3-/t20-,24+,25-,26+,27+,31-/m1/s1. The van der Waals surface area contributed by atoms with Crippen LogP contribution in [0.15, 0.2) is 53.0 Å². The van der Waals surface area contributed by atoms with E-state index in [0.29, 0.717) is 43.3 Å². The molecule has 0 unspecified atom stereocenters. The maximum atomic E-state index is 14.6. The summed E-state index contributed by atoms with van der Waals surface area (Å²) >= 11 is 3.56. The molecule has 4 heterocycles. The number of rotatable bonds is 7. The lowest BCUT2D eigenvalue weighted by Crippen LogP contribution is -2.55. The number of hydrogen-bond donors (Lipinski definition) is 2. The first kappa shape index (κ1) is 30.4. The molecule has 0 aromatic heterocycles. The van der Waals surface area contributed by atoms with Crippen LogP contribution in [0.1, 0.15) is 44.6 Å². The highest BCUT2D eigenvalue weighted by Gasteiger charge is 2.74. The van der Waals surface area contributed by atoms with Crippen LogP contribution in [0, 0.1) is 11.8 Å². The number of ether oxygens (including phenoxy) is 2. The second-order valence-corrected chi connectivity index (χ2v) is 12.3. The quantitative estimate of drug-likeness (QED) is 0.266. The second-order valence-electron chi connectivity index (χ2n) is 11.4. The fourth-order valence-electron chi connectivity index (χ4n) is 6.48. The van der Waals surface area contributed by atoms with Crippen LogP contribution in [0.25, 0.3) is 0 Å². The minimum absolute atomic E-state index is 0.0487. The minimum Gasteiger partial charge on any atom is -0.460 e. The maximum absolute atomic E-state index is 14.6. The molecule has 11 heteroatoms. The van der Waals surface area contributed by atoms with Crippen molar-refractivity contribution in [2.45, 2.75) is 69.4 Å². The third-order valence-electron chi connectivity index (χ3n) is 8.45. The number of nitrogens with zero attached hydrogens (tertiary/aromatic N) is 2. The number of nitrogens with one attached hydrogen (secondary N) is 1. The van der Waals surface area contributed by atoms with Gasteiger partial charge in [0.05, 0.1) is 12.5 Å². The second kappa shape index (κ2) is 13.1. The van der Waals surface area contributed by atoms with Gasteiger partial charge in [-0.25, -0.2) is 0 Å². The summed E-state index contributed by atoms with van der Waals surface area (Å²) < 4.78 is 12.9. The van der Waals surface area contributed by atoms with Crippen LogP contribution >= 0.6 is 15.9 Å². The van der Waals surface area contributed by atoms with E-state index in [1.54, 1.807) is 22.8 Å². The summed E-state index contributed by atoms with van der Waals surface area (Å²) in [4.78, 5) is 58.0. The van der Waals surface area contributed by atoms with Crippen molar-refractivity contribution in [1.82, 2.24) is 15.1 Å². The molecular weight excluding hydrogens is 606 g/mol. The van der Waals surface area contributed by atoms with Crippen molar-refractivity contribution in [3.8, 4) is 0 Å². The molecule has 42 heavy (non-hydrogen) atoms. The van der Waals surface area contributed by atoms with Gasteiger partial charge in [-0.15, -0.1) is 0 Å². The fourth-order valence-corrected chi connectivity index (χ4v) is 7.22. The van der Waals surface area contributed by atoms with Crippen molar-refractivity contribution in [1.29, 1.82) is 0 Å². The van der Waals surface area contributed by atoms with Crippen LogP contribution < -0.4 is 5.32 Å². The van der Waals surface area contributed by atoms with Gasteiger partial charge in [0.2, 0.25) is 17.7 Å². The molecule has 1 spiro atoms. The number of benzene rings is 1. The molecule has 2 N–H and O–H groups in total. The topological polar surface area (TPSA) is 125 Å². The van der Waals surface area contributed by atoms with Crippen LogP contribution in [0.4, 0.5) is 0 Å². The van der Waals surface area contributed by atoms with Crippen molar-refractivity contribution >= 4 is 39.6 Å². The molecule has 1 aromatic rings. The van der Waals surface area contributed by atoms with Gasteiger partial charge < -0.3 is 29.7 Å². The molecule has 0 aliphatic carbocycles. The normalized spacial score (nSPS) is 32.5. The van der Waals surface area contributed by atoms with Gasteiger partial charge in [0, 0.05) is 37.1 Å². The van der Waals surface area contributed by atoms with Gasteiger partial charge in [-0.3, -0.25) is 19.2 Å². The molecule has 4 aliphatic heterocycles. The Morgan fingerprint density at radius 3 is 2.62 bits per heavy atom. The lowest BCUT2D eigenvalue weighted by molar-refractivity contribution is -0.158. The van der Waals surface area contributed by atoms with Gasteiger partial charge >= 0.3 is 5.97 Å². The first-order valence-corrected chi connectivity index (χ1v) is 15.5. The number of hydrogen-bond acceptors (Lipinski definition) is 7. The van der Waals surface area contributed by atoms with E-state index in [-0.39, 0.29) is 43.8 Å². The zero-order chi connectivity index (χ0) is 29.9. The van der Waals surface area contributed by atoms with Gasteiger partial charge in [0.25, 0.3) is 0 Å². The minimum atomic E-state index is -1.33. The van der Waals surface area contributed by atoms with Crippen molar-refractivity contribution < 1.29 is 33.8 Å². The predicted octanol–water partition coefficient (Wildman–Crippen LogP) is 2.45. The number of likely N-dealkylation sites (tertiary alicyclic amines) is 1. The molecule has 2 saturated heterocycles. The van der Waals surface area contributed by atoms with Gasteiger partial charge in [0.1, 0.15) is 29.8 Å². The zero-order valence-electron chi connectivity index (χ0n) is 23.7. The van der Waals surface area contributed by atoms with E-state index in [0.717, 1.165) is 5.56 Å². The fraction of sp³-hybridized carbons (Fsp3) is 0.548. The number of halogens is 1. The first-order chi connectivity index (χ1) is 20.3. The summed E-state index contributed by atoms with van der Waals surface area (Å²) in [5.41, 5.74) is -0.399. The summed E-state index contributed by atoms with van der Waals surface area (Å²) in [6.07, 6.45) is 6.82. The monoisotopic (exact) mass is 643 g/mol. The number of esters is 1. The highest BCUT2D eigenvalue weighted by molar-refractivity contribution is 9.11. The Kier molecular flexibility index (Phi) is 9.49. The van der Waals surface area contributed by atoms with Crippen LogP contribution in [0.3, 0.4) is 0 Å². The largest absolute Gasteiger partial charge is 0.460 e. The number of amides is 3. The highest BCUT2D eigenvalue weighted by Crippen LogP contribution is 2.59. The Labute approximate surface area is 254 Å². The highest BCUT2D eigenvalue weighted by atomic mass is 79.9. The number of aliphatic hydroxyl groups excluding tert-OH is 1. The van der Waals surface area contributed by atoms with E-state index in [1.807, 2.05) is 42.5 Å². The molecule has 2 fully saturated rings. The molecule has 10 nitrogen and oxygen atoms in total. The van der Waals surface area contributed by atoms with Crippen molar-refractivity contribution in [3.05, 3.63) is 58.6 Å². The first-order valence-electron chi connectivity index (χ1n) is 14.7. The summed E-state index contributed by atoms with van der Waals surface area (Å²) in [5, 5.41) is 12.1. The average molecular weight is 645 g/mol. The third kappa shape index (κ3) is 5.91. The Bertz CT molecular complexity index is 1250. The van der Waals surface area contributed by atoms with E-state index < -0.39 is 41.7 Å². The molecule has 5 bridgehead atoms. The number of allylic oxidation sites excluding steroid dienone is 1. The summed E-state index contributed by atoms with van der Waals surface area (Å²) in [7, 11) is 0. The number of fused-ring (bicyclic) bond motifs is 2. The van der Waals surface area contributed by atoms with E-state index in [9.17, 15) is 24.3 Å². The number of cyclic esters (lactones) is 1. The van der Waals surface area contributed by atoms with Crippen LogP contribution in [-0.2, 0) is 35.2 Å². The van der Waals surface area contributed by atoms with Crippen LogP contribution in [0.2, 0.25) is 0 Å². The van der Waals surface area contributed by atoms with Crippen molar-refractivity contribution in [2.75, 3.05) is 26.2 Å². The molecule has 5 rings (SSSR count). The molecule has 0 radical (unpaired) electrons. The van der Waals surface area contributed by atoms with E-state index >= 15 is 0 Å². The molecule has 226 valence electrons. The van der Waals surface area contributed by atoms with Crippen LogP contribution in [-0.4, -0.2) is 88.7 Å². The van der Waals surface area contributed by atoms with Gasteiger partial charge in [-0.05, 0) is 44.2 Å². The lowest BCUT2D eigenvalue weighted by Gasteiger charge is -2.36. The average Bonchev–Trinajstić information content (AvgIpc) is 3.56. The Morgan fingerprint density at radius 1 is 1.07 bits per heavy atom. The maximum Gasteiger partial charge on any atom is 0.313 e. The Balaban J connectivity index is 1.55. The molecular formula is C31H38BrN3O7. The van der Waals surface area contributed by atoms with E-state index in [2.05, 4.69) is 21.2 Å². The zero-order valence-corrected chi connectivity index (χ0v) is 25.3. The smallest absolute Gasteiger partial charge is 0.313 e. The summed E-state index contributed by atoms with van der Waals surface area (Å²) in [6.45, 7) is 2.77. The van der Waals surface area contributed by atoms with E-state index in [4.69, 9.17) is 9.47 Å².